The molecule has 0 saturated carbocycles. The number of pyridine rings is 1. The van der Waals surface area contributed by atoms with Gasteiger partial charge in [0, 0.05) is 25.6 Å². The van der Waals surface area contributed by atoms with E-state index >= 15 is 0 Å². The van der Waals surface area contributed by atoms with E-state index in [-0.39, 0.29) is 5.91 Å². The van der Waals surface area contributed by atoms with E-state index in [0.717, 1.165) is 24.5 Å². The van der Waals surface area contributed by atoms with Crippen molar-refractivity contribution < 1.29 is 4.79 Å². The van der Waals surface area contributed by atoms with E-state index in [9.17, 15) is 4.79 Å². The van der Waals surface area contributed by atoms with Crippen LogP contribution in [0.3, 0.4) is 0 Å². The van der Waals surface area contributed by atoms with E-state index in [1.165, 1.54) is 19.3 Å². The Kier molecular flexibility index (Phi) is 5.35. The van der Waals surface area contributed by atoms with Crippen LogP contribution in [0.5, 0.6) is 0 Å². The Morgan fingerprint density at radius 1 is 1.50 bits per heavy atom. The van der Waals surface area contributed by atoms with Gasteiger partial charge in [0.1, 0.15) is 5.82 Å². The van der Waals surface area contributed by atoms with Gasteiger partial charge in [0.25, 0.3) is 0 Å². The lowest BCUT2D eigenvalue weighted by Gasteiger charge is -2.36. The van der Waals surface area contributed by atoms with Gasteiger partial charge in [-0.1, -0.05) is 6.92 Å². The highest BCUT2D eigenvalue weighted by Crippen LogP contribution is 2.25. The quantitative estimate of drug-likeness (QED) is 0.864. The maximum Gasteiger partial charge on any atom is 0.225 e. The molecule has 1 amide bonds. The van der Waals surface area contributed by atoms with Crippen LogP contribution in [-0.4, -0.2) is 30.0 Å². The molecule has 0 bridgehead atoms. The maximum atomic E-state index is 11.5. The summed E-state index contributed by atoms with van der Waals surface area (Å²) in [5.41, 5.74) is 6.09. The molecular weight excluding hydrogens is 252 g/mol. The average molecular weight is 276 g/mol. The Balaban J connectivity index is 2.01. The van der Waals surface area contributed by atoms with Crippen molar-refractivity contribution in [3.8, 4) is 0 Å². The molecule has 0 spiro atoms. The minimum absolute atomic E-state index is 0.0635. The number of amides is 1. The zero-order chi connectivity index (χ0) is 14.4. The second kappa shape index (κ2) is 7.24. The first-order valence-corrected chi connectivity index (χ1v) is 7.47. The number of aromatic nitrogens is 1. The third kappa shape index (κ3) is 3.70. The molecule has 2 heterocycles. The normalized spacial score (nSPS) is 18.9. The number of carbonyl (C=O) groups is 1. The molecule has 1 aromatic rings. The molecule has 5 heteroatoms. The third-order valence-corrected chi connectivity index (χ3v) is 3.80. The summed E-state index contributed by atoms with van der Waals surface area (Å²) in [5.74, 6) is 0.944. The fourth-order valence-electron chi connectivity index (χ4n) is 2.71. The van der Waals surface area contributed by atoms with Crippen LogP contribution in [0.1, 0.15) is 39.0 Å². The van der Waals surface area contributed by atoms with E-state index in [1.54, 1.807) is 6.20 Å². The molecule has 1 saturated heterocycles. The number of carbonyl (C=O) groups excluding carboxylic acids is 1. The van der Waals surface area contributed by atoms with Crippen LogP contribution in [0.25, 0.3) is 0 Å². The fourth-order valence-corrected chi connectivity index (χ4v) is 2.71. The van der Waals surface area contributed by atoms with Crippen LogP contribution >= 0.6 is 0 Å². The van der Waals surface area contributed by atoms with Crippen molar-refractivity contribution >= 4 is 17.4 Å². The van der Waals surface area contributed by atoms with E-state index in [2.05, 4.69) is 22.1 Å². The van der Waals surface area contributed by atoms with Crippen LogP contribution in [0.2, 0.25) is 0 Å². The molecule has 20 heavy (non-hydrogen) atoms. The molecule has 1 unspecified atom stereocenters. The van der Waals surface area contributed by atoms with Crippen LogP contribution in [0.15, 0.2) is 18.3 Å². The van der Waals surface area contributed by atoms with Crippen molar-refractivity contribution in [2.45, 2.75) is 45.1 Å². The first-order chi connectivity index (χ1) is 9.74. The van der Waals surface area contributed by atoms with Gasteiger partial charge in [-0.05, 0) is 37.8 Å². The molecule has 5 nitrogen and oxygen atoms in total. The van der Waals surface area contributed by atoms with Crippen molar-refractivity contribution in [3.63, 3.8) is 0 Å². The summed E-state index contributed by atoms with van der Waals surface area (Å²) in [6, 6.07) is 4.50. The molecule has 3 N–H and O–H groups in total. The zero-order valence-electron chi connectivity index (χ0n) is 12.1. The number of anilines is 2. The van der Waals surface area contributed by atoms with E-state index in [0.29, 0.717) is 19.0 Å². The minimum atomic E-state index is -0.0635. The summed E-state index contributed by atoms with van der Waals surface area (Å²) >= 11 is 0. The van der Waals surface area contributed by atoms with Crippen LogP contribution in [0, 0.1) is 0 Å². The lowest BCUT2D eigenvalue weighted by atomic mass is 10.00. The summed E-state index contributed by atoms with van der Waals surface area (Å²) in [6.45, 7) is 3.66. The van der Waals surface area contributed by atoms with Gasteiger partial charge in [0.2, 0.25) is 5.91 Å². The number of nitrogens with two attached hydrogens (primary N) is 1. The van der Waals surface area contributed by atoms with Crippen molar-refractivity contribution in [1.29, 1.82) is 0 Å². The second-order valence-corrected chi connectivity index (χ2v) is 5.24. The summed E-state index contributed by atoms with van der Waals surface area (Å²) in [7, 11) is 0. The molecular formula is C15H24N4O. The topological polar surface area (TPSA) is 71.2 Å². The van der Waals surface area contributed by atoms with Crippen LogP contribution in [0.4, 0.5) is 11.5 Å². The third-order valence-electron chi connectivity index (χ3n) is 3.80. The smallest absolute Gasteiger partial charge is 0.225 e. The molecule has 0 aliphatic carbocycles. The van der Waals surface area contributed by atoms with E-state index < -0.39 is 0 Å². The summed E-state index contributed by atoms with van der Waals surface area (Å²) in [5, 5.41) is 2.80. The Hall–Kier alpha value is -1.62. The van der Waals surface area contributed by atoms with Crippen molar-refractivity contribution in [3.05, 3.63) is 18.3 Å². The Morgan fingerprint density at radius 2 is 2.35 bits per heavy atom. The van der Waals surface area contributed by atoms with Crippen LogP contribution < -0.4 is 16.0 Å². The first kappa shape index (κ1) is 14.8. The first-order valence-electron chi connectivity index (χ1n) is 7.47. The largest absolute Gasteiger partial charge is 0.354 e. The zero-order valence-corrected chi connectivity index (χ0v) is 12.1. The predicted molar refractivity (Wildman–Crippen MR) is 81.8 cm³/mol. The molecule has 1 fully saturated rings. The SMILES string of the molecule is CCC1CCCCN1c1ccc(NC(=O)CCN)cn1. The van der Waals surface area contributed by atoms with Gasteiger partial charge in [0.15, 0.2) is 0 Å². The van der Waals surface area contributed by atoms with Gasteiger partial charge in [-0.15, -0.1) is 0 Å². The van der Waals surface area contributed by atoms with Gasteiger partial charge in [-0.2, -0.15) is 0 Å². The van der Waals surface area contributed by atoms with Gasteiger partial charge in [-0.3, -0.25) is 4.79 Å². The molecule has 0 radical (unpaired) electrons. The number of rotatable bonds is 5. The lowest BCUT2D eigenvalue weighted by Crippen LogP contribution is -2.39. The number of piperidine rings is 1. The van der Waals surface area contributed by atoms with E-state index in [4.69, 9.17) is 5.73 Å². The number of hydrogen-bond acceptors (Lipinski definition) is 4. The summed E-state index contributed by atoms with van der Waals surface area (Å²) in [4.78, 5) is 18.3. The van der Waals surface area contributed by atoms with E-state index in [1.807, 2.05) is 12.1 Å². The highest BCUT2D eigenvalue weighted by atomic mass is 16.1. The van der Waals surface area contributed by atoms with Crippen LogP contribution in [-0.2, 0) is 4.79 Å². The average Bonchev–Trinajstić information content (AvgIpc) is 2.48. The minimum Gasteiger partial charge on any atom is -0.354 e. The monoisotopic (exact) mass is 276 g/mol. The molecule has 1 aliphatic heterocycles. The molecule has 0 aromatic carbocycles. The summed E-state index contributed by atoms with van der Waals surface area (Å²) in [6.07, 6.45) is 7.00. The van der Waals surface area contributed by atoms with Crippen molar-refractivity contribution in [1.82, 2.24) is 4.98 Å². The number of nitrogens with zero attached hydrogens (tertiary/aromatic N) is 2. The highest BCUT2D eigenvalue weighted by Gasteiger charge is 2.21. The van der Waals surface area contributed by atoms with Gasteiger partial charge in [-0.25, -0.2) is 4.98 Å². The van der Waals surface area contributed by atoms with Crippen molar-refractivity contribution in [2.75, 3.05) is 23.3 Å². The van der Waals surface area contributed by atoms with Crippen molar-refractivity contribution in [2.24, 2.45) is 5.73 Å². The number of hydrogen-bond donors (Lipinski definition) is 2. The maximum absolute atomic E-state index is 11.5. The molecule has 1 atom stereocenters. The van der Waals surface area contributed by atoms with Gasteiger partial charge < -0.3 is 16.0 Å². The predicted octanol–water partition coefficient (Wildman–Crippen LogP) is 2.14. The molecule has 1 aromatic heterocycles. The molecule has 2 rings (SSSR count). The Morgan fingerprint density at radius 3 is 3.00 bits per heavy atom. The Labute approximate surface area is 120 Å². The standard InChI is InChI=1S/C15H24N4O/c1-2-13-5-3-4-10-19(13)14-7-6-12(11-17-14)18-15(20)8-9-16/h6-7,11,13H,2-5,8-10,16H2,1H3,(H,18,20). The Bertz CT molecular complexity index is 432. The second-order valence-electron chi connectivity index (χ2n) is 5.24. The highest BCUT2D eigenvalue weighted by molar-refractivity contribution is 5.90. The lowest BCUT2D eigenvalue weighted by molar-refractivity contribution is -0.116. The molecule has 1 aliphatic rings. The fraction of sp³-hybridized carbons (Fsp3) is 0.600. The van der Waals surface area contributed by atoms with Gasteiger partial charge >= 0.3 is 0 Å². The van der Waals surface area contributed by atoms with Gasteiger partial charge in [0.05, 0.1) is 11.9 Å². The molecule has 110 valence electrons. The summed E-state index contributed by atoms with van der Waals surface area (Å²) < 4.78 is 0. The number of nitrogens with one attached hydrogen (secondary N) is 1.